The van der Waals surface area contributed by atoms with Gasteiger partial charge in [0.2, 0.25) is 5.91 Å². The molecule has 2 rings (SSSR count). The molecule has 9 heteroatoms. The fraction of sp³-hybridized carbons (Fsp3) is 0.500. The van der Waals surface area contributed by atoms with Crippen molar-refractivity contribution in [3.05, 3.63) is 23.8 Å². The fourth-order valence-corrected chi connectivity index (χ4v) is 3.70. The minimum Gasteiger partial charge on any atom is -0.465 e. The lowest BCUT2D eigenvalue weighted by Crippen LogP contribution is -2.29. The third-order valence-corrected chi connectivity index (χ3v) is 5.41. The number of amides is 1. The highest BCUT2D eigenvalue weighted by atomic mass is 35.5. The Balaban J connectivity index is 0.00000312. The van der Waals surface area contributed by atoms with Crippen LogP contribution in [0.15, 0.2) is 23.1 Å². The number of methoxy groups -OCH3 is 1. The summed E-state index contributed by atoms with van der Waals surface area (Å²) in [6.45, 7) is 0.439. The first kappa shape index (κ1) is 21.4. The molecule has 0 unspecified atom stereocenters. The van der Waals surface area contributed by atoms with Crippen LogP contribution in [0.2, 0.25) is 0 Å². The van der Waals surface area contributed by atoms with Gasteiger partial charge in [0.25, 0.3) is 0 Å². The molecule has 0 aliphatic heterocycles. The van der Waals surface area contributed by atoms with Crippen molar-refractivity contribution in [3.8, 4) is 0 Å². The number of hydrogen-bond acceptors (Lipinski definition) is 6. The number of esters is 1. The molecule has 3 N–H and O–H groups in total. The van der Waals surface area contributed by atoms with Gasteiger partial charge in [-0.15, -0.1) is 12.4 Å². The van der Waals surface area contributed by atoms with Crippen molar-refractivity contribution >= 4 is 39.8 Å². The van der Waals surface area contributed by atoms with Crippen LogP contribution in [-0.4, -0.2) is 40.2 Å². The monoisotopic (exact) mass is 390 g/mol. The van der Waals surface area contributed by atoms with Crippen molar-refractivity contribution < 1.29 is 22.7 Å². The third-order valence-electron chi connectivity index (χ3n) is 4.32. The second kappa shape index (κ2) is 8.64. The number of benzene rings is 1. The maximum Gasteiger partial charge on any atom is 0.337 e. The smallest absolute Gasteiger partial charge is 0.337 e. The normalized spacial score (nSPS) is 19.8. The van der Waals surface area contributed by atoms with E-state index in [4.69, 9.17) is 5.73 Å². The zero-order valence-electron chi connectivity index (χ0n) is 14.2. The number of carbonyl (C=O) groups excluding carboxylic acids is 2. The molecule has 0 aromatic heterocycles. The number of ether oxygens (including phenoxy) is 1. The van der Waals surface area contributed by atoms with Crippen LogP contribution in [0.4, 0.5) is 5.69 Å². The quantitative estimate of drug-likeness (QED) is 0.738. The van der Waals surface area contributed by atoms with E-state index in [2.05, 4.69) is 10.1 Å². The molecule has 0 bridgehead atoms. The SMILES string of the molecule is COC(=O)c1cc(NC(=O)[C@@H]2CCC[C@@H]2CN)cc(S(C)(=O)=O)c1.Cl. The number of hydrogen-bond donors (Lipinski definition) is 2. The zero-order valence-corrected chi connectivity index (χ0v) is 15.8. The number of carbonyl (C=O) groups is 2. The van der Waals surface area contributed by atoms with Crippen LogP contribution in [0.25, 0.3) is 0 Å². The Bertz CT molecular complexity index is 751. The van der Waals surface area contributed by atoms with Crippen molar-refractivity contribution in [2.75, 3.05) is 25.2 Å². The van der Waals surface area contributed by atoms with Gasteiger partial charge < -0.3 is 15.8 Å². The Morgan fingerprint density at radius 2 is 1.96 bits per heavy atom. The van der Waals surface area contributed by atoms with Crippen LogP contribution < -0.4 is 11.1 Å². The van der Waals surface area contributed by atoms with Gasteiger partial charge in [-0.2, -0.15) is 0 Å². The topological polar surface area (TPSA) is 116 Å². The minimum absolute atomic E-state index is 0. The molecular weight excluding hydrogens is 368 g/mol. The molecule has 1 fully saturated rings. The summed E-state index contributed by atoms with van der Waals surface area (Å²) in [5.41, 5.74) is 6.02. The third kappa shape index (κ3) is 5.17. The highest BCUT2D eigenvalue weighted by Crippen LogP contribution is 2.32. The summed E-state index contributed by atoms with van der Waals surface area (Å²) in [5.74, 6) is -0.942. The van der Waals surface area contributed by atoms with Crippen LogP contribution in [-0.2, 0) is 19.4 Å². The van der Waals surface area contributed by atoms with Crippen molar-refractivity contribution in [1.29, 1.82) is 0 Å². The van der Waals surface area contributed by atoms with Crippen LogP contribution in [0.1, 0.15) is 29.6 Å². The van der Waals surface area contributed by atoms with E-state index in [9.17, 15) is 18.0 Å². The lowest BCUT2D eigenvalue weighted by molar-refractivity contribution is -0.120. The van der Waals surface area contributed by atoms with Gasteiger partial charge >= 0.3 is 5.97 Å². The Kier molecular flexibility index (Phi) is 7.40. The number of anilines is 1. The molecule has 0 spiro atoms. The predicted octanol–water partition coefficient (Wildman–Crippen LogP) is 1.61. The lowest BCUT2D eigenvalue weighted by atomic mass is 9.95. The van der Waals surface area contributed by atoms with Crippen molar-refractivity contribution in [2.45, 2.75) is 24.2 Å². The molecular formula is C16H23ClN2O5S. The predicted molar refractivity (Wildman–Crippen MR) is 96.7 cm³/mol. The average molecular weight is 391 g/mol. The molecule has 25 heavy (non-hydrogen) atoms. The van der Waals surface area contributed by atoms with Crippen molar-refractivity contribution in [3.63, 3.8) is 0 Å². The lowest BCUT2D eigenvalue weighted by Gasteiger charge is -2.18. The van der Waals surface area contributed by atoms with Crippen molar-refractivity contribution in [2.24, 2.45) is 17.6 Å². The second-order valence-electron chi connectivity index (χ2n) is 6.03. The van der Waals surface area contributed by atoms with Crippen LogP contribution >= 0.6 is 12.4 Å². The number of rotatable bonds is 5. The number of nitrogens with one attached hydrogen (secondary N) is 1. The van der Waals surface area contributed by atoms with Crippen LogP contribution in [0, 0.1) is 11.8 Å². The first-order valence-electron chi connectivity index (χ1n) is 7.70. The molecule has 1 aromatic rings. The van der Waals surface area contributed by atoms with E-state index in [1.54, 1.807) is 0 Å². The Hall–Kier alpha value is -1.64. The maximum atomic E-state index is 12.5. The van der Waals surface area contributed by atoms with E-state index in [-0.39, 0.29) is 46.3 Å². The standard InChI is InChI=1S/C16H22N2O5S.ClH/c1-23-16(20)11-6-12(8-13(7-11)24(2,21)22)18-15(19)14-5-3-4-10(14)9-17;/h6-8,10,14H,3-5,9,17H2,1-2H3,(H,18,19);1H/t10-,14-;/m1./s1. The average Bonchev–Trinajstić information content (AvgIpc) is 3.01. The molecule has 2 atom stereocenters. The van der Waals surface area contributed by atoms with Crippen LogP contribution in [0.3, 0.4) is 0 Å². The molecule has 1 aromatic carbocycles. The van der Waals surface area contributed by atoms with Gasteiger partial charge in [0.1, 0.15) is 0 Å². The first-order chi connectivity index (χ1) is 11.3. The molecule has 1 amide bonds. The van der Waals surface area contributed by atoms with Gasteiger partial charge in [-0.3, -0.25) is 4.79 Å². The van der Waals surface area contributed by atoms with Crippen LogP contribution in [0.5, 0.6) is 0 Å². The second-order valence-corrected chi connectivity index (χ2v) is 8.05. The van der Waals surface area contributed by atoms with E-state index in [1.165, 1.54) is 25.3 Å². The molecule has 0 heterocycles. The van der Waals surface area contributed by atoms with E-state index < -0.39 is 15.8 Å². The molecule has 1 aliphatic rings. The van der Waals surface area contributed by atoms with E-state index in [1.807, 2.05) is 0 Å². The molecule has 0 saturated heterocycles. The van der Waals surface area contributed by atoms with Gasteiger partial charge in [0, 0.05) is 17.9 Å². The number of sulfone groups is 1. The molecule has 1 saturated carbocycles. The van der Waals surface area contributed by atoms with Gasteiger partial charge in [0.15, 0.2) is 9.84 Å². The van der Waals surface area contributed by atoms with E-state index in [0.29, 0.717) is 6.54 Å². The van der Waals surface area contributed by atoms with E-state index >= 15 is 0 Å². The summed E-state index contributed by atoms with van der Waals surface area (Å²) in [6, 6.07) is 3.98. The highest BCUT2D eigenvalue weighted by Gasteiger charge is 2.32. The Morgan fingerprint density at radius 1 is 1.28 bits per heavy atom. The highest BCUT2D eigenvalue weighted by molar-refractivity contribution is 7.90. The summed E-state index contributed by atoms with van der Waals surface area (Å²) in [7, 11) is -2.33. The van der Waals surface area contributed by atoms with Crippen molar-refractivity contribution in [1.82, 2.24) is 0 Å². The van der Waals surface area contributed by atoms with Gasteiger partial charge in [0.05, 0.1) is 17.6 Å². The summed E-state index contributed by atoms with van der Waals surface area (Å²) >= 11 is 0. The summed E-state index contributed by atoms with van der Waals surface area (Å²) < 4.78 is 28.2. The minimum atomic E-state index is -3.54. The first-order valence-corrected chi connectivity index (χ1v) is 9.59. The molecule has 140 valence electrons. The van der Waals surface area contributed by atoms with Gasteiger partial charge in [-0.1, -0.05) is 6.42 Å². The summed E-state index contributed by atoms with van der Waals surface area (Å²) in [6.07, 6.45) is 3.64. The van der Waals surface area contributed by atoms with Gasteiger partial charge in [-0.05, 0) is 43.5 Å². The summed E-state index contributed by atoms with van der Waals surface area (Å²) in [5, 5.41) is 2.71. The molecule has 1 aliphatic carbocycles. The largest absolute Gasteiger partial charge is 0.465 e. The van der Waals surface area contributed by atoms with E-state index in [0.717, 1.165) is 25.5 Å². The maximum absolute atomic E-state index is 12.5. The molecule has 0 radical (unpaired) electrons. The number of halogens is 1. The summed E-state index contributed by atoms with van der Waals surface area (Å²) in [4.78, 5) is 24.1. The zero-order chi connectivity index (χ0) is 17.9. The fourth-order valence-electron chi connectivity index (χ4n) is 3.02. The van der Waals surface area contributed by atoms with Gasteiger partial charge in [-0.25, -0.2) is 13.2 Å². The number of nitrogens with two attached hydrogens (primary N) is 1. The molecule has 7 nitrogen and oxygen atoms in total. The Labute approximate surface area is 153 Å². The Morgan fingerprint density at radius 3 is 2.52 bits per heavy atom.